The molecule has 24 heavy (non-hydrogen) atoms. The van der Waals surface area contributed by atoms with E-state index in [9.17, 15) is 0 Å². The van der Waals surface area contributed by atoms with Crippen LogP contribution in [0.2, 0.25) is 0 Å². The van der Waals surface area contributed by atoms with Crippen molar-refractivity contribution in [2.75, 3.05) is 0 Å². The van der Waals surface area contributed by atoms with Crippen LogP contribution in [0.4, 0.5) is 0 Å². The van der Waals surface area contributed by atoms with Crippen molar-refractivity contribution < 1.29 is 4.74 Å². The van der Waals surface area contributed by atoms with Gasteiger partial charge >= 0.3 is 151 Å². The van der Waals surface area contributed by atoms with Crippen molar-refractivity contribution in [2.24, 2.45) is 0 Å². The first kappa shape index (κ1) is 15.4. The molecule has 1 nitrogen and oxygen atoms in total. The van der Waals surface area contributed by atoms with Crippen molar-refractivity contribution in [2.45, 2.75) is 0 Å². The molecule has 3 aromatic rings. The summed E-state index contributed by atoms with van der Waals surface area (Å²) in [7, 11) is 0. The Morgan fingerprint density at radius 1 is 0.542 bits per heavy atom. The van der Waals surface area contributed by atoms with Crippen molar-refractivity contribution in [1.82, 2.24) is 0 Å². The van der Waals surface area contributed by atoms with Crippen molar-refractivity contribution >= 4 is 37.2 Å². The number of hydrogen-bond donors (Lipinski definition) is 0. The first-order valence-electron chi connectivity index (χ1n) is 7.96. The number of hydrogen-bond acceptors (Lipinski definition) is 1. The Hall–Kier alpha value is -2.18. The molecule has 0 unspecified atom stereocenters. The second kappa shape index (κ2) is 7.15. The third-order valence-electron chi connectivity index (χ3n) is 3.94. The van der Waals surface area contributed by atoms with Crippen LogP contribution in [0.3, 0.4) is 0 Å². The van der Waals surface area contributed by atoms with E-state index >= 15 is 0 Å². The van der Waals surface area contributed by atoms with E-state index in [1.807, 2.05) is 24.3 Å². The first-order chi connectivity index (χ1) is 11.9. The Balaban J connectivity index is 1.85. The van der Waals surface area contributed by atoms with Crippen LogP contribution in [-0.4, -0.2) is 21.8 Å². The molecule has 0 bridgehead atoms. The monoisotopic (exact) mass is 506 g/mol. The molecule has 0 atom stereocenters. The molecule has 0 radical (unpaired) electrons. The van der Waals surface area contributed by atoms with Gasteiger partial charge in [-0.2, -0.15) is 0 Å². The average Bonchev–Trinajstić information content (AvgIpc) is 2.65. The molecule has 0 saturated heterocycles. The van der Waals surface area contributed by atoms with E-state index in [1.54, 1.807) is 0 Å². The zero-order valence-corrected chi connectivity index (χ0v) is 16.6. The summed E-state index contributed by atoms with van der Waals surface area (Å²) in [6.45, 7) is 0. The molecule has 0 spiro atoms. The normalized spacial score (nSPS) is 16.3. The van der Waals surface area contributed by atoms with Crippen LogP contribution >= 0.6 is 0 Å². The van der Waals surface area contributed by atoms with E-state index < -0.39 is 21.8 Å². The van der Waals surface area contributed by atoms with Gasteiger partial charge in [-0.25, -0.2) is 0 Å². The summed E-state index contributed by atoms with van der Waals surface area (Å²) in [5.74, 6) is 1.82. The molecule has 3 aromatic carbocycles. The maximum atomic E-state index is 6.18. The van der Waals surface area contributed by atoms with Gasteiger partial charge in [0.15, 0.2) is 0 Å². The third-order valence-corrected chi connectivity index (χ3v) is 11.1. The van der Waals surface area contributed by atoms with Gasteiger partial charge in [-0.1, -0.05) is 0 Å². The van der Waals surface area contributed by atoms with Crippen LogP contribution in [0, 0.1) is 0 Å². The second-order valence-electron chi connectivity index (χ2n) is 5.55. The van der Waals surface area contributed by atoms with Crippen LogP contribution < -0.4 is 8.01 Å². The number of benzene rings is 3. The number of ether oxygens (including phenoxy) is 1. The van der Waals surface area contributed by atoms with Gasteiger partial charge in [0.2, 0.25) is 0 Å². The van der Waals surface area contributed by atoms with Crippen molar-refractivity contribution in [3.8, 4) is 11.5 Å². The van der Waals surface area contributed by atoms with Crippen LogP contribution in [0.25, 0.3) is 12.2 Å². The number of para-hydroxylation sites is 2. The van der Waals surface area contributed by atoms with Gasteiger partial charge < -0.3 is 0 Å². The standard InChI is InChI=1S/C16H12O.C6H5.Bi/c1-3-13-9-5-7-11-15(13)17-16-12-8-6-10-14(16)4-2;1-2-4-6-5-3-1;/h1-12H;1-5H;. The molecule has 0 amide bonds. The molecule has 116 valence electrons. The van der Waals surface area contributed by atoms with Crippen LogP contribution in [-0.2, 0) is 0 Å². The van der Waals surface area contributed by atoms with Crippen LogP contribution in [0.15, 0.2) is 86.4 Å². The number of fused-ring (bicyclic) bond motifs is 2. The first-order valence-corrected chi connectivity index (χ1v) is 13.7. The van der Waals surface area contributed by atoms with Gasteiger partial charge in [-0.3, -0.25) is 0 Å². The quantitative estimate of drug-likeness (QED) is 0.423. The Kier molecular flexibility index (Phi) is 4.58. The van der Waals surface area contributed by atoms with Crippen LogP contribution in [0.1, 0.15) is 11.1 Å². The fourth-order valence-electron chi connectivity index (χ4n) is 2.68. The Labute approximate surface area is 150 Å². The van der Waals surface area contributed by atoms with E-state index in [4.69, 9.17) is 4.74 Å². The molecule has 0 aromatic heterocycles. The van der Waals surface area contributed by atoms with Gasteiger partial charge in [-0.15, -0.1) is 0 Å². The minimum atomic E-state index is -2.07. The van der Waals surface area contributed by atoms with Gasteiger partial charge in [-0.05, 0) is 0 Å². The molecule has 0 saturated carbocycles. The van der Waals surface area contributed by atoms with Crippen molar-refractivity contribution in [3.63, 3.8) is 0 Å². The molecular weight excluding hydrogens is 489 g/mol. The van der Waals surface area contributed by atoms with Crippen molar-refractivity contribution in [3.05, 3.63) is 97.6 Å². The summed E-state index contributed by atoms with van der Waals surface area (Å²) in [5.41, 5.74) is 2.28. The van der Waals surface area contributed by atoms with Crippen LogP contribution in [0.5, 0.6) is 11.5 Å². The Bertz CT molecular complexity index is 841. The van der Waals surface area contributed by atoms with E-state index in [0.29, 0.717) is 0 Å². The predicted molar refractivity (Wildman–Crippen MR) is 103 cm³/mol. The number of rotatable bonds is 1. The summed E-state index contributed by atoms with van der Waals surface area (Å²) >= 11 is -2.07. The fraction of sp³-hybridized carbons (Fsp3) is 0. The van der Waals surface area contributed by atoms with Gasteiger partial charge in [0, 0.05) is 0 Å². The molecule has 1 aliphatic rings. The Morgan fingerprint density at radius 2 is 1.04 bits per heavy atom. The van der Waals surface area contributed by atoms with E-state index in [2.05, 4.69) is 74.3 Å². The maximum absolute atomic E-state index is 6.18. The molecule has 2 heteroatoms. The summed E-state index contributed by atoms with van der Waals surface area (Å²) < 4.78 is 12.5. The van der Waals surface area contributed by atoms with Gasteiger partial charge in [0.25, 0.3) is 0 Å². The molecule has 1 aliphatic heterocycles. The molecule has 1 heterocycles. The average molecular weight is 506 g/mol. The summed E-state index contributed by atoms with van der Waals surface area (Å²) in [5, 5.41) is 0. The predicted octanol–water partition coefficient (Wildman–Crippen LogP) is 5.00. The van der Waals surface area contributed by atoms with Gasteiger partial charge in [0.1, 0.15) is 0 Å². The summed E-state index contributed by atoms with van der Waals surface area (Å²) in [6, 6.07) is 27.3. The topological polar surface area (TPSA) is 9.23 Å². The Morgan fingerprint density at radius 3 is 1.62 bits per heavy atom. The zero-order chi connectivity index (χ0) is 16.2. The molecule has 4 rings (SSSR count). The zero-order valence-electron chi connectivity index (χ0n) is 13.2. The van der Waals surface area contributed by atoms with E-state index in [-0.39, 0.29) is 0 Å². The van der Waals surface area contributed by atoms with E-state index in [0.717, 1.165) is 22.6 Å². The van der Waals surface area contributed by atoms with Gasteiger partial charge in [0.05, 0.1) is 0 Å². The molecular formula is C22H17BiO. The summed E-state index contributed by atoms with van der Waals surface area (Å²) in [6.07, 6.45) is 4.47. The molecule has 0 aliphatic carbocycles. The SMILES string of the molecule is C1=[CH]\[Bi]([c]2ccccc2)/[CH]=C\c2ccccc2Oc2ccccc2/1. The molecule has 0 N–H and O–H groups in total. The van der Waals surface area contributed by atoms with Crippen molar-refractivity contribution in [1.29, 1.82) is 0 Å². The third kappa shape index (κ3) is 3.34. The van der Waals surface area contributed by atoms with E-state index in [1.165, 1.54) is 3.27 Å². The minimum absolute atomic E-state index is 0.911. The molecule has 0 fully saturated rings. The fourth-order valence-corrected chi connectivity index (χ4v) is 8.91. The summed E-state index contributed by atoms with van der Waals surface area (Å²) in [4.78, 5) is 0. The second-order valence-corrected chi connectivity index (χ2v) is 13.0.